The SMILES string of the molecule is CCC(C)(C)Oc1cc(NC)nc(COC)n1. The third-order valence-corrected chi connectivity index (χ3v) is 2.51. The highest BCUT2D eigenvalue weighted by Crippen LogP contribution is 2.21. The molecule has 5 nitrogen and oxygen atoms in total. The maximum absolute atomic E-state index is 5.83. The summed E-state index contributed by atoms with van der Waals surface area (Å²) in [6.45, 7) is 6.52. The van der Waals surface area contributed by atoms with Crippen molar-refractivity contribution in [2.75, 3.05) is 19.5 Å². The van der Waals surface area contributed by atoms with E-state index in [1.807, 2.05) is 20.9 Å². The smallest absolute Gasteiger partial charge is 0.219 e. The molecule has 1 rings (SSSR count). The lowest BCUT2D eigenvalue weighted by Crippen LogP contribution is -2.27. The Labute approximate surface area is 103 Å². The van der Waals surface area contributed by atoms with Gasteiger partial charge in [0.1, 0.15) is 18.0 Å². The van der Waals surface area contributed by atoms with Crippen molar-refractivity contribution in [3.63, 3.8) is 0 Å². The first kappa shape index (κ1) is 13.7. The van der Waals surface area contributed by atoms with E-state index in [1.165, 1.54) is 0 Å². The fourth-order valence-corrected chi connectivity index (χ4v) is 1.20. The summed E-state index contributed by atoms with van der Waals surface area (Å²) in [4.78, 5) is 8.58. The largest absolute Gasteiger partial charge is 0.472 e. The van der Waals surface area contributed by atoms with E-state index in [-0.39, 0.29) is 5.60 Å². The summed E-state index contributed by atoms with van der Waals surface area (Å²) in [5.41, 5.74) is -0.232. The van der Waals surface area contributed by atoms with E-state index in [9.17, 15) is 0 Å². The van der Waals surface area contributed by atoms with Crippen LogP contribution in [0.5, 0.6) is 5.88 Å². The number of anilines is 1. The zero-order valence-electron chi connectivity index (χ0n) is 11.2. The Morgan fingerprint density at radius 3 is 2.59 bits per heavy atom. The molecule has 0 radical (unpaired) electrons. The number of hydrogen-bond acceptors (Lipinski definition) is 5. The standard InChI is InChI=1S/C12H21N3O2/c1-6-12(2,3)17-11-7-9(13-4)14-10(15-11)8-16-5/h7H,6,8H2,1-5H3,(H,13,14,15). The van der Waals surface area contributed by atoms with Gasteiger partial charge in [-0.25, -0.2) is 4.98 Å². The second kappa shape index (κ2) is 5.82. The molecule has 0 aliphatic rings. The van der Waals surface area contributed by atoms with Gasteiger partial charge < -0.3 is 14.8 Å². The summed E-state index contributed by atoms with van der Waals surface area (Å²) in [5.74, 6) is 1.92. The van der Waals surface area contributed by atoms with E-state index in [0.29, 0.717) is 18.3 Å². The van der Waals surface area contributed by atoms with Crippen LogP contribution in [0.2, 0.25) is 0 Å². The molecular weight excluding hydrogens is 218 g/mol. The minimum atomic E-state index is -0.232. The van der Waals surface area contributed by atoms with Gasteiger partial charge in [0.25, 0.3) is 0 Å². The van der Waals surface area contributed by atoms with Crippen LogP contribution in [-0.4, -0.2) is 29.7 Å². The van der Waals surface area contributed by atoms with E-state index in [1.54, 1.807) is 13.2 Å². The molecule has 1 aromatic heterocycles. The number of aromatic nitrogens is 2. The van der Waals surface area contributed by atoms with Gasteiger partial charge in [0.05, 0.1) is 0 Å². The van der Waals surface area contributed by atoms with Gasteiger partial charge in [0.2, 0.25) is 5.88 Å². The second-order valence-corrected chi connectivity index (χ2v) is 4.41. The summed E-state index contributed by atoms with van der Waals surface area (Å²) >= 11 is 0. The van der Waals surface area contributed by atoms with E-state index in [0.717, 1.165) is 12.2 Å². The van der Waals surface area contributed by atoms with E-state index >= 15 is 0 Å². The molecule has 1 heterocycles. The molecule has 0 saturated heterocycles. The van der Waals surface area contributed by atoms with Gasteiger partial charge in [0, 0.05) is 20.2 Å². The Balaban J connectivity index is 2.94. The molecule has 0 spiro atoms. The van der Waals surface area contributed by atoms with Crippen LogP contribution in [0, 0.1) is 0 Å². The molecule has 1 N–H and O–H groups in total. The van der Waals surface area contributed by atoms with Crippen molar-refractivity contribution in [3.05, 3.63) is 11.9 Å². The highest BCUT2D eigenvalue weighted by Gasteiger charge is 2.18. The molecule has 0 aliphatic carbocycles. The first-order valence-electron chi connectivity index (χ1n) is 5.74. The van der Waals surface area contributed by atoms with Gasteiger partial charge in [-0.1, -0.05) is 6.92 Å². The third kappa shape index (κ3) is 4.19. The summed E-state index contributed by atoms with van der Waals surface area (Å²) in [6, 6.07) is 1.79. The minimum Gasteiger partial charge on any atom is -0.472 e. The minimum absolute atomic E-state index is 0.232. The van der Waals surface area contributed by atoms with Gasteiger partial charge in [-0.05, 0) is 20.3 Å². The average molecular weight is 239 g/mol. The molecule has 0 unspecified atom stereocenters. The lowest BCUT2D eigenvalue weighted by molar-refractivity contribution is 0.0972. The topological polar surface area (TPSA) is 56.3 Å². The van der Waals surface area contributed by atoms with Crippen LogP contribution in [0.15, 0.2) is 6.07 Å². The van der Waals surface area contributed by atoms with E-state index < -0.39 is 0 Å². The van der Waals surface area contributed by atoms with Crippen molar-refractivity contribution in [3.8, 4) is 5.88 Å². The van der Waals surface area contributed by atoms with Crippen LogP contribution in [0.25, 0.3) is 0 Å². The lowest BCUT2D eigenvalue weighted by atomic mass is 10.1. The zero-order chi connectivity index (χ0) is 12.9. The van der Waals surface area contributed by atoms with Gasteiger partial charge in [-0.2, -0.15) is 4.98 Å². The number of ether oxygens (including phenoxy) is 2. The van der Waals surface area contributed by atoms with Crippen LogP contribution in [0.1, 0.15) is 33.0 Å². The number of hydrogen-bond donors (Lipinski definition) is 1. The first-order chi connectivity index (χ1) is 8.00. The highest BCUT2D eigenvalue weighted by molar-refractivity contribution is 5.37. The maximum atomic E-state index is 5.83. The quantitative estimate of drug-likeness (QED) is 0.825. The van der Waals surface area contributed by atoms with Crippen LogP contribution < -0.4 is 10.1 Å². The number of rotatable bonds is 6. The fourth-order valence-electron chi connectivity index (χ4n) is 1.20. The van der Waals surface area contributed by atoms with E-state index in [2.05, 4.69) is 22.2 Å². The van der Waals surface area contributed by atoms with Crippen LogP contribution in [0.3, 0.4) is 0 Å². The summed E-state index contributed by atoms with van der Waals surface area (Å²) in [7, 11) is 3.43. The molecule has 0 bridgehead atoms. The zero-order valence-corrected chi connectivity index (χ0v) is 11.2. The van der Waals surface area contributed by atoms with Crippen molar-refractivity contribution >= 4 is 5.82 Å². The molecule has 0 aromatic carbocycles. The molecule has 5 heteroatoms. The van der Waals surface area contributed by atoms with Crippen LogP contribution in [0.4, 0.5) is 5.82 Å². The molecule has 1 aromatic rings. The Morgan fingerprint density at radius 1 is 1.35 bits per heavy atom. The normalized spacial score (nSPS) is 11.4. The van der Waals surface area contributed by atoms with Crippen molar-refractivity contribution in [1.82, 2.24) is 9.97 Å². The Morgan fingerprint density at radius 2 is 2.06 bits per heavy atom. The van der Waals surface area contributed by atoms with Gasteiger partial charge >= 0.3 is 0 Å². The third-order valence-electron chi connectivity index (χ3n) is 2.51. The van der Waals surface area contributed by atoms with Crippen molar-refractivity contribution in [2.24, 2.45) is 0 Å². The number of nitrogens with zero attached hydrogens (tertiary/aromatic N) is 2. The number of methoxy groups -OCH3 is 1. The Hall–Kier alpha value is -1.36. The predicted octanol–water partition coefficient (Wildman–Crippen LogP) is 2.23. The molecule has 0 amide bonds. The van der Waals surface area contributed by atoms with Gasteiger partial charge in [0.15, 0.2) is 5.82 Å². The monoisotopic (exact) mass is 239 g/mol. The predicted molar refractivity (Wildman–Crippen MR) is 67.3 cm³/mol. The van der Waals surface area contributed by atoms with Gasteiger partial charge in [-0.3, -0.25) is 0 Å². The molecule has 0 aliphatic heterocycles. The van der Waals surface area contributed by atoms with Crippen LogP contribution in [-0.2, 0) is 11.3 Å². The molecule has 0 atom stereocenters. The summed E-state index contributed by atoms with van der Waals surface area (Å²) < 4.78 is 10.9. The van der Waals surface area contributed by atoms with Crippen molar-refractivity contribution in [2.45, 2.75) is 39.4 Å². The summed E-state index contributed by atoms with van der Waals surface area (Å²) in [6.07, 6.45) is 0.908. The first-order valence-corrected chi connectivity index (χ1v) is 5.74. The second-order valence-electron chi connectivity index (χ2n) is 4.41. The van der Waals surface area contributed by atoms with E-state index in [4.69, 9.17) is 9.47 Å². The van der Waals surface area contributed by atoms with Crippen molar-refractivity contribution in [1.29, 1.82) is 0 Å². The summed E-state index contributed by atoms with van der Waals surface area (Å²) in [5, 5.41) is 2.98. The number of nitrogens with one attached hydrogen (secondary N) is 1. The molecule has 96 valence electrons. The molecule has 0 saturated carbocycles. The molecular formula is C12H21N3O2. The maximum Gasteiger partial charge on any atom is 0.219 e. The fraction of sp³-hybridized carbons (Fsp3) is 0.667. The molecule has 0 fully saturated rings. The molecule has 17 heavy (non-hydrogen) atoms. The van der Waals surface area contributed by atoms with Crippen LogP contribution >= 0.6 is 0 Å². The average Bonchev–Trinajstić information content (AvgIpc) is 2.28. The Kier molecular flexibility index (Phi) is 4.69. The lowest BCUT2D eigenvalue weighted by Gasteiger charge is -2.24. The van der Waals surface area contributed by atoms with Gasteiger partial charge in [-0.15, -0.1) is 0 Å². The Bertz CT molecular complexity index is 367. The highest BCUT2D eigenvalue weighted by atomic mass is 16.5. The van der Waals surface area contributed by atoms with Crippen molar-refractivity contribution < 1.29 is 9.47 Å².